The smallest absolute Gasteiger partial charge is 0.0802 e. The molecule has 2 aromatic heterocycles. The fraction of sp³-hybridized carbons (Fsp3) is 0.562. The van der Waals surface area contributed by atoms with E-state index in [1.807, 2.05) is 17.8 Å². The van der Waals surface area contributed by atoms with Crippen LogP contribution < -0.4 is 5.32 Å². The SMILES string of the molecule is CCCNC(c1ccc(C)nc1C)c1cnnn1CCC. The Morgan fingerprint density at radius 3 is 2.67 bits per heavy atom. The Morgan fingerprint density at radius 2 is 2.00 bits per heavy atom. The number of pyridine rings is 1. The Morgan fingerprint density at radius 1 is 1.19 bits per heavy atom. The average Bonchev–Trinajstić information content (AvgIpc) is 2.90. The van der Waals surface area contributed by atoms with E-state index >= 15 is 0 Å². The van der Waals surface area contributed by atoms with Gasteiger partial charge in [0.05, 0.1) is 17.9 Å². The first-order valence-corrected chi connectivity index (χ1v) is 7.73. The zero-order chi connectivity index (χ0) is 15.2. The Hall–Kier alpha value is -1.75. The van der Waals surface area contributed by atoms with Gasteiger partial charge in [-0.25, -0.2) is 4.68 Å². The summed E-state index contributed by atoms with van der Waals surface area (Å²) in [6.45, 7) is 10.3. The van der Waals surface area contributed by atoms with Crippen LogP contribution >= 0.6 is 0 Å². The van der Waals surface area contributed by atoms with Crippen molar-refractivity contribution in [2.24, 2.45) is 0 Å². The second-order valence-electron chi connectivity index (χ2n) is 5.40. The van der Waals surface area contributed by atoms with Crippen molar-refractivity contribution < 1.29 is 0 Å². The van der Waals surface area contributed by atoms with Crippen molar-refractivity contribution in [2.45, 2.75) is 53.1 Å². The van der Waals surface area contributed by atoms with Gasteiger partial charge in [-0.05, 0) is 44.9 Å². The van der Waals surface area contributed by atoms with Gasteiger partial charge in [-0.3, -0.25) is 4.98 Å². The predicted molar refractivity (Wildman–Crippen MR) is 84.2 cm³/mol. The Kier molecular flexibility index (Phi) is 5.44. The molecule has 0 aliphatic rings. The van der Waals surface area contributed by atoms with Crippen LogP contribution in [0.4, 0.5) is 0 Å². The van der Waals surface area contributed by atoms with E-state index in [4.69, 9.17) is 0 Å². The van der Waals surface area contributed by atoms with Gasteiger partial charge in [0.2, 0.25) is 0 Å². The van der Waals surface area contributed by atoms with E-state index in [0.717, 1.165) is 43.0 Å². The molecular formula is C16H25N5. The van der Waals surface area contributed by atoms with Crippen LogP contribution in [0.3, 0.4) is 0 Å². The van der Waals surface area contributed by atoms with Crippen LogP contribution in [0.15, 0.2) is 18.3 Å². The topological polar surface area (TPSA) is 55.6 Å². The molecule has 0 spiro atoms. The molecule has 1 atom stereocenters. The monoisotopic (exact) mass is 287 g/mol. The third kappa shape index (κ3) is 3.67. The second kappa shape index (κ2) is 7.31. The average molecular weight is 287 g/mol. The van der Waals surface area contributed by atoms with Crippen LogP contribution in [0, 0.1) is 13.8 Å². The van der Waals surface area contributed by atoms with Gasteiger partial charge in [-0.15, -0.1) is 5.10 Å². The lowest BCUT2D eigenvalue weighted by atomic mass is 10.0. The highest BCUT2D eigenvalue weighted by molar-refractivity contribution is 5.31. The minimum atomic E-state index is 0.0969. The summed E-state index contributed by atoms with van der Waals surface area (Å²) in [4.78, 5) is 4.60. The second-order valence-corrected chi connectivity index (χ2v) is 5.40. The summed E-state index contributed by atoms with van der Waals surface area (Å²) in [6, 6.07) is 4.32. The molecule has 1 N–H and O–H groups in total. The molecule has 0 saturated carbocycles. The van der Waals surface area contributed by atoms with Crippen LogP contribution in [0.5, 0.6) is 0 Å². The molecule has 0 radical (unpaired) electrons. The molecule has 2 aromatic rings. The molecule has 5 nitrogen and oxygen atoms in total. The van der Waals surface area contributed by atoms with E-state index in [-0.39, 0.29) is 6.04 Å². The maximum absolute atomic E-state index is 4.60. The lowest BCUT2D eigenvalue weighted by Crippen LogP contribution is -2.27. The molecule has 1 unspecified atom stereocenters. The molecular weight excluding hydrogens is 262 g/mol. The molecule has 2 heterocycles. The Balaban J connectivity index is 2.39. The number of nitrogens with zero attached hydrogens (tertiary/aromatic N) is 4. The van der Waals surface area contributed by atoms with Gasteiger partial charge in [-0.1, -0.05) is 25.1 Å². The number of aromatic nitrogens is 4. The van der Waals surface area contributed by atoms with Crippen LogP contribution in [-0.2, 0) is 6.54 Å². The lowest BCUT2D eigenvalue weighted by Gasteiger charge is -2.21. The molecule has 5 heteroatoms. The van der Waals surface area contributed by atoms with Crippen molar-refractivity contribution in [2.75, 3.05) is 6.54 Å². The first kappa shape index (κ1) is 15.6. The van der Waals surface area contributed by atoms with Gasteiger partial charge in [0.15, 0.2) is 0 Å². The molecule has 0 aliphatic carbocycles. The molecule has 0 bridgehead atoms. The quantitative estimate of drug-likeness (QED) is 0.851. The van der Waals surface area contributed by atoms with Crippen molar-refractivity contribution in [1.82, 2.24) is 25.3 Å². The van der Waals surface area contributed by atoms with Crippen LogP contribution in [-0.4, -0.2) is 26.5 Å². The van der Waals surface area contributed by atoms with Gasteiger partial charge in [0.25, 0.3) is 0 Å². The highest BCUT2D eigenvalue weighted by Gasteiger charge is 2.20. The molecule has 2 rings (SSSR count). The highest BCUT2D eigenvalue weighted by Crippen LogP contribution is 2.24. The van der Waals surface area contributed by atoms with Crippen molar-refractivity contribution in [1.29, 1.82) is 0 Å². The molecule has 21 heavy (non-hydrogen) atoms. The lowest BCUT2D eigenvalue weighted by molar-refractivity contribution is 0.502. The summed E-state index contributed by atoms with van der Waals surface area (Å²) in [5, 5.41) is 11.9. The summed E-state index contributed by atoms with van der Waals surface area (Å²) in [5.74, 6) is 0. The van der Waals surface area contributed by atoms with Crippen molar-refractivity contribution in [3.05, 3.63) is 41.0 Å². The maximum atomic E-state index is 4.60. The van der Waals surface area contributed by atoms with E-state index in [2.05, 4.69) is 53.5 Å². The highest BCUT2D eigenvalue weighted by atomic mass is 15.4. The van der Waals surface area contributed by atoms with Crippen LogP contribution in [0.1, 0.15) is 55.4 Å². The number of nitrogens with one attached hydrogen (secondary N) is 1. The summed E-state index contributed by atoms with van der Waals surface area (Å²) < 4.78 is 1.99. The van der Waals surface area contributed by atoms with E-state index < -0.39 is 0 Å². The molecule has 0 aliphatic heterocycles. The molecule has 0 fully saturated rings. The van der Waals surface area contributed by atoms with E-state index in [0.29, 0.717) is 0 Å². The molecule has 0 amide bonds. The van der Waals surface area contributed by atoms with Gasteiger partial charge in [-0.2, -0.15) is 0 Å². The normalized spacial score (nSPS) is 12.6. The number of hydrogen-bond donors (Lipinski definition) is 1. The van der Waals surface area contributed by atoms with Gasteiger partial charge < -0.3 is 5.32 Å². The van der Waals surface area contributed by atoms with E-state index in [1.165, 1.54) is 5.56 Å². The third-order valence-corrected chi connectivity index (χ3v) is 3.55. The summed E-state index contributed by atoms with van der Waals surface area (Å²) >= 11 is 0. The number of rotatable bonds is 7. The summed E-state index contributed by atoms with van der Waals surface area (Å²) in [5.41, 5.74) is 4.42. The number of aryl methyl sites for hydroxylation is 3. The first-order valence-electron chi connectivity index (χ1n) is 7.73. The van der Waals surface area contributed by atoms with Crippen LogP contribution in [0.2, 0.25) is 0 Å². The maximum Gasteiger partial charge on any atom is 0.0802 e. The Bertz CT molecular complexity index is 576. The van der Waals surface area contributed by atoms with E-state index in [1.54, 1.807) is 0 Å². The largest absolute Gasteiger partial charge is 0.305 e. The van der Waals surface area contributed by atoms with Crippen molar-refractivity contribution in [3.63, 3.8) is 0 Å². The predicted octanol–water partition coefficient (Wildman–Crippen LogP) is 2.79. The minimum absolute atomic E-state index is 0.0969. The third-order valence-electron chi connectivity index (χ3n) is 3.55. The standard InChI is InChI=1S/C16H25N5/c1-5-9-17-16(14-8-7-12(3)19-13(14)4)15-11-18-20-21(15)10-6-2/h7-8,11,16-17H,5-6,9-10H2,1-4H3. The van der Waals surface area contributed by atoms with Crippen molar-refractivity contribution in [3.8, 4) is 0 Å². The van der Waals surface area contributed by atoms with E-state index in [9.17, 15) is 0 Å². The molecule has 114 valence electrons. The minimum Gasteiger partial charge on any atom is -0.305 e. The first-order chi connectivity index (χ1) is 10.2. The molecule has 0 saturated heterocycles. The fourth-order valence-electron chi connectivity index (χ4n) is 2.54. The summed E-state index contributed by atoms with van der Waals surface area (Å²) in [7, 11) is 0. The van der Waals surface area contributed by atoms with Gasteiger partial charge in [0.1, 0.15) is 0 Å². The fourth-order valence-corrected chi connectivity index (χ4v) is 2.54. The van der Waals surface area contributed by atoms with Gasteiger partial charge >= 0.3 is 0 Å². The Labute approximate surface area is 126 Å². The zero-order valence-electron chi connectivity index (χ0n) is 13.4. The summed E-state index contributed by atoms with van der Waals surface area (Å²) in [6.07, 6.45) is 3.99. The van der Waals surface area contributed by atoms with Crippen molar-refractivity contribution >= 4 is 0 Å². The number of hydrogen-bond acceptors (Lipinski definition) is 4. The zero-order valence-corrected chi connectivity index (χ0v) is 13.4. The molecule has 0 aromatic carbocycles. The van der Waals surface area contributed by atoms with Crippen LogP contribution in [0.25, 0.3) is 0 Å². The van der Waals surface area contributed by atoms with Gasteiger partial charge in [0, 0.05) is 17.9 Å².